The first-order valence-electron chi connectivity index (χ1n) is 8.61. The Hall–Kier alpha value is -2.33. The fraction of sp³-hybridized carbons (Fsp3) is 0.182. The lowest BCUT2D eigenvalue weighted by molar-refractivity contribution is 0.174. The van der Waals surface area contributed by atoms with Crippen LogP contribution in [0.25, 0.3) is 0 Å². The summed E-state index contributed by atoms with van der Waals surface area (Å²) < 4.78 is 5.85. The van der Waals surface area contributed by atoms with Crippen LogP contribution < -0.4 is 10.1 Å². The fourth-order valence-electron chi connectivity index (χ4n) is 2.67. The second-order valence-electron chi connectivity index (χ2n) is 6.08. The molecule has 0 saturated carbocycles. The molecule has 0 fully saturated rings. The molecule has 1 atom stereocenters. The van der Waals surface area contributed by atoms with Crippen LogP contribution in [-0.2, 0) is 13.2 Å². The zero-order valence-electron chi connectivity index (χ0n) is 14.4. The van der Waals surface area contributed by atoms with Gasteiger partial charge in [0.1, 0.15) is 12.4 Å². The van der Waals surface area contributed by atoms with Gasteiger partial charge in [0, 0.05) is 23.7 Å². The number of nitrogens with one attached hydrogen (secondary N) is 1. The van der Waals surface area contributed by atoms with E-state index in [1.54, 1.807) is 0 Å². The Bertz CT molecular complexity index is 823. The molecular formula is C22H22ClNO2. The van der Waals surface area contributed by atoms with Crippen LogP contribution >= 0.6 is 11.6 Å². The molecule has 0 unspecified atom stereocenters. The average molecular weight is 368 g/mol. The molecule has 3 aromatic rings. The lowest BCUT2D eigenvalue weighted by Crippen LogP contribution is -2.21. The molecule has 2 N–H and O–H groups in total. The molecule has 3 nitrogen and oxygen atoms in total. The van der Waals surface area contributed by atoms with Crippen LogP contribution in [0, 0.1) is 0 Å². The van der Waals surface area contributed by atoms with Crippen molar-refractivity contribution >= 4 is 11.6 Å². The van der Waals surface area contributed by atoms with E-state index in [9.17, 15) is 5.11 Å². The molecule has 0 amide bonds. The lowest BCUT2D eigenvalue weighted by atomic mass is 10.1. The molecule has 0 radical (unpaired) electrons. The van der Waals surface area contributed by atoms with Gasteiger partial charge in [-0.25, -0.2) is 0 Å². The van der Waals surface area contributed by atoms with Gasteiger partial charge in [-0.2, -0.15) is 0 Å². The van der Waals surface area contributed by atoms with Crippen molar-refractivity contribution in [3.05, 3.63) is 101 Å². The topological polar surface area (TPSA) is 41.5 Å². The van der Waals surface area contributed by atoms with Crippen molar-refractivity contribution in [2.24, 2.45) is 0 Å². The van der Waals surface area contributed by atoms with Gasteiger partial charge < -0.3 is 15.2 Å². The molecule has 134 valence electrons. The van der Waals surface area contributed by atoms with E-state index in [2.05, 4.69) is 5.32 Å². The summed E-state index contributed by atoms with van der Waals surface area (Å²) in [6.07, 6.45) is -0.518. The third-order valence-corrected chi connectivity index (χ3v) is 4.47. The lowest BCUT2D eigenvalue weighted by Gasteiger charge is -2.13. The van der Waals surface area contributed by atoms with Gasteiger partial charge in [-0.15, -0.1) is 0 Å². The van der Waals surface area contributed by atoms with Crippen molar-refractivity contribution in [2.75, 3.05) is 6.54 Å². The summed E-state index contributed by atoms with van der Waals surface area (Å²) in [4.78, 5) is 0. The van der Waals surface area contributed by atoms with E-state index in [0.29, 0.717) is 24.7 Å². The first kappa shape index (κ1) is 18.5. The maximum absolute atomic E-state index is 10.2. The third-order valence-electron chi connectivity index (χ3n) is 4.10. The van der Waals surface area contributed by atoms with Gasteiger partial charge in [0.25, 0.3) is 0 Å². The van der Waals surface area contributed by atoms with Crippen LogP contribution in [0.1, 0.15) is 22.8 Å². The van der Waals surface area contributed by atoms with E-state index in [0.717, 1.165) is 22.4 Å². The maximum atomic E-state index is 10.2. The normalized spacial score (nSPS) is 11.9. The Kier molecular flexibility index (Phi) is 6.67. The first-order chi connectivity index (χ1) is 12.7. The molecule has 0 aliphatic carbocycles. The zero-order chi connectivity index (χ0) is 18.2. The van der Waals surface area contributed by atoms with Crippen molar-refractivity contribution in [2.45, 2.75) is 19.3 Å². The number of aliphatic hydroxyl groups is 1. The monoisotopic (exact) mass is 367 g/mol. The quantitative estimate of drug-likeness (QED) is 0.604. The number of aliphatic hydroxyl groups excluding tert-OH is 1. The van der Waals surface area contributed by atoms with Crippen molar-refractivity contribution in [1.82, 2.24) is 5.32 Å². The van der Waals surface area contributed by atoms with E-state index < -0.39 is 6.10 Å². The van der Waals surface area contributed by atoms with Gasteiger partial charge in [-0.3, -0.25) is 0 Å². The van der Waals surface area contributed by atoms with Gasteiger partial charge in [0.15, 0.2) is 0 Å². The third kappa shape index (κ3) is 5.33. The molecule has 26 heavy (non-hydrogen) atoms. The van der Waals surface area contributed by atoms with Crippen LogP contribution in [-0.4, -0.2) is 11.7 Å². The number of hydrogen-bond acceptors (Lipinski definition) is 3. The number of rotatable bonds is 8. The van der Waals surface area contributed by atoms with Crippen LogP contribution in [0.3, 0.4) is 0 Å². The molecule has 0 heterocycles. The summed E-state index contributed by atoms with van der Waals surface area (Å²) in [6.45, 7) is 1.59. The van der Waals surface area contributed by atoms with Gasteiger partial charge in [-0.1, -0.05) is 72.3 Å². The van der Waals surface area contributed by atoms with Crippen LogP contribution in [0.2, 0.25) is 5.02 Å². The van der Waals surface area contributed by atoms with Gasteiger partial charge in [0.2, 0.25) is 0 Å². The number of hydrogen-bond donors (Lipinski definition) is 2. The minimum absolute atomic E-state index is 0.434. The van der Waals surface area contributed by atoms with E-state index in [1.165, 1.54) is 0 Å². The highest BCUT2D eigenvalue weighted by molar-refractivity contribution is 6.31. The summed E-state index contributed by atoms with van der Waals surface area (Å²) in [5, 5.41) is 14.2. The molecule has 0 aliphatic rings. The highest BCUT2D eigenvalue weighted by atomic mass is 35.5. The minimum Gasteiger partial charge on any atom is -0.489 e. The standard InChI is InChI=1S/C22H22ClNO2/c23-21-12-5-4-10-19(21)16-26-20-11-6-7-17(13-20)14-24-15-22(25)18-8-2-1-3-9-18/h1-13,22,24-25H,14-16H2/t22-/m0/s1. The molecule has 3 aromatic carbocycles. The Balaban J connectivity index is 1.50. The van der Waals surface area contributed by atoms with E-state index in [-0.39, 0.29) is 0 Å². The Labute approximate surface area is 159 Å². The minimum atomic E-state index is -0.518. The zero-order valence-corrected chi connectivity index (χ0v) is 15.2. The highest BCUT2D eigenvalue weighted by Gasteiger charge is 2.06. The van der Waals surface area contributed by atoms with Gasteiger partial charge >= 0.3 is 0 Å². The van der Waals surface area contributed by atoms with Crippen molar-refractivity contribution < 1.29 is 9.84 Å². The van der Waals surface area contributed by atoms with E-state index in [1.807, 2.05) is 78.9 Å². The van der Waals surface area contributed by atoms with Crippen LogP contribution in [0.4, 0.5) is 0 Å². The summed E-state index contributed by atoms with van der Waals surface area (Å²) in [5.74, 6) is 0.799. The number of halogens is 1. The Morgan fingerprint density at radius 1 is 0.923 bits per heavy atom. The second-order valence-corrected chi connectivity index (χ2v) is 6.49. The van der Waals surface area contributed by atoms with Crippen LogP contribution in [0.15, 0.2) is 78.9 Å². The summed E-state index contributed by atoms with van der Waals surface area (Å²) >= 11 is 6.16. The summed E-state index contributed by atoms with van der Waals surface area (Å²) in [7, 11) is 0. The summed E-state index contributed by atoms with van der Waals surface area (Å²) in [5.41, 5.74) is 2.97. The van der Waals surface area contributed by atoms with E-state index in [4.69, 9.17) is 16.3 Å². The summed E-state index contributed by atoms with van der Waals surface area (Å²) in [6, 6.07) is 25.2. The molecule has 0 saturated heterocycles. The number of ether oxygens (including phenoxy) is 1. The van der Waals surface area contributed by atoms with Gasteiger partial charge in [-0.05, 0) is 29.3 Å². The largest absolute Gasteiger partial charge is 0.489 e. The van der Waals surface area contributed by atoms with Crippen LogP contribution in [0.5, 0.6) is 5.75 Å². The highest BCUT2D eigenvalue weighted by Crippen LogP contribution is 2.19. The predicted molar refractivity (Wildman–Crippen MR) is 105 cm³/mol. The average Bonchev–Trinajstić information content (AvgIpc) is 2.68. The maximum Gasteiger partial charge on any atom is 0.120 e. The molecule has 0 aromatic heterocycles. The molecule has 3 rings (SSSR count). The SMILES string of the molecule is O[C@@H](CNCc1cccc(OCc2ccccc2Cl)c1)c1ccccc1. The second kappa shape index (κ2) is 9.39. The molecule has 4 heteroatoms. The number of benzene rings is 3. The van der Waals surface area contributed by atoms with Crippen molar-refractivity contribution in [1.29, 1.82) is 0 Å². The molecular weight excluding hydrogens is 346 g/mol. The molecule has 0 aliphatic heterocycles. The van der Waals surface area contributed by atoms with Crippen molar-refractivity contribution in [3.8, 4) is 5.75 Å². The van der Waals surface area contributed by atoms with Gasteiger partial charge in [0.05, 0.1) is 6.10 Å². The Morgan fingerprint density at radius 3 is 2.50 bits per heavy atom. The van der Waals surface area contributed by atoms with E-state index >= 15 is 0 Å². The molecule has 0 bridgehead atoms. The van der Waals surface area contributed by atoms with Crippen molar-refractivity contribution in [3.63, 3.8) is 0 Å². The smallest absolute Gasteiger partial charge is 0.120 e. The fourth-order valence-corrected chi connectivity index (χ4v) is 2.86. The molecule has 0 spiro atoms. The predicted octanol–water partition coefficient (Wildman–Crippen LogP) is 4.74. The first-order valence-corrected chi connectivity index (χ1v) is 8.99. The Morgan fingerprint density at radius 2 is 1.69 bits per heavy atom.